The number of aromatic amines is 1. The lowest BCUT2D eigenvalue weighted by atomic mass is 9.90. The molecule has 3 aromatic rings. The monoisotopic (exact) mass is 306 g/mol. The SMILES string of the molecule is c1ccc(COc2ccc3c(C4CCNCC4)c[nH]c3c2)cc1. The van der Waals surface area contributed by atoms with E-state index in [2.05, 4.69) is 46.8 Å². The molecule has 2 N–H and O–H groups in total. The third-order valence-electron chi connectivity index (χ3n) is 4.71. The summed E-state index contributed by atoms with van der Waals surface area (Å²) in [5, 5.41) is 4.77. The van der Waals surface area contributed by atoms with E-state index in [1.165, 1.54) is 34.9 Å². The Labute approximate surface area is 136 Å². The molecule has 3 heteroatoms. The molecule has 0 unspecified atom stereocenters. The molecule has 1 aliphatic rings. The molecule has 1 fully saturated rings. The van der Waals surface area contributed by atoms with E-state index >= 15 is 0 Å². The van der Waals surface area contributed by atoms with Crippen molar-refractivity contribution in [1.82, 2.24) is 10.3 Å². The lowest BCUT2D eigenvalue weighted by Gasteiger charge is -2.22. The number of ether oxygens (including phenoxy) is 1. The van der Waals surface area contributed by atoms with Gasteiger partial charge in [-0.1, -0.05) is 30.3 Å². The molecule has 0 bridgehead atoms. The fourth-order valence-electron chi connectivity index (χ4n) is 3.43. The summed E-state index contributed by atoms with van der Waals surface area (Å²) in [5.74, 6) is 1.58. The van der Waals surface area contributed by atoms with Gasteiger partial charge in [0.1, 0.15) is 12.4 Å². The smallest absolute Gasteiger partial charge is 0.121 e. The van der Waals surface area contributed by atoms with Crippen LogP contribution in [-0.2, 0) is 6.61 Å². The Morgan fingerprint density at radius 2 is 1.83 bits per heavy atom. The molecule has 4 rings (SSSR count). The predicted molar refractivity (Wildman–Crippen MR) is 93.9 cm³/mol. The van der Waals surface area contributed by atoms with E-state index in [4.69, 9.17) is 4.74 Å². The molecule has 2 aromatic carbocycles. The largest absolute Gasteiger partial charge is 0.489 e. The van der Waals surface area contributed by atoms with Gasteiger partial charge in [0.25, 0.3) is 0 Å². The van der Waals surface area contributed by atoms with E-state index in [0.717, 1.165) is 18.8 Å². The average molecular weight is 306 g/mol. The zero-order valence-corrected chi connectivity index (χ0v) is 13.2. The Morgan fingerprint density at radius 1 is 1.00 bits per heavy atom. The zero-order valence-electron chi connectivity index (χ0n) is 13.2. The van der Waals surface area contributed by atoms with Crippen LogP contribution in [0.4, 0.5) is 0 Å². The van der Waals surface area contributed by atoms with Crippen LogP contribution in [0.1, 0.15) is 29.9 Å². The van der Waals surface area contributed by atoms with E-state index in [1.807, 2.05) is 18.2 Å². The fraction of sp³-hybridized carbons (Fsp3) is 0.300. The molecular formula is C20H22N2O. The Bertz CT molecular complexity index is 773. The van der Waals surface area contributed by atoms with E-state index in [0.29, 0.717) is 12.5 Å². The van der Waals surface area contributed by atoms with E-state index in [9.17, 15) is 0 Å². The van der Waals surface area contributed by atoms with Crippen molar-refractivity contribution in [2.24, 2.45) is 0 Å². The van der Waals surface area contributed by atoms with Crippen LogP contribution in [0.2, 0.25) is 0 Å². The van der Waals surface area contributed by atoms with E-state index in [1.54, 1.807) is 0 Å². The maximum absolute atomic E-state index is 5.92. The zero-order chi connectivity index (χ0) is 15.5. The second-order valence-electron chi connectivity index (χ2n) is 6.25. The van der Waals surface area contributed by atoms with Gasteiger partial charge in [-0.05, 0) is 55.1 Å². The van der Waals surface area contributed by atoms with Gasteiger partial charge in [-0.2, -0.15) is 0 Å². The summed E-state index contributed by atoms with van der Waals surface area (Å²) in [6, 6.07) is 16.7. The normalized spacial score (nSPS) is 15.8. The quantitative estimate of drug-likeness (QED) is 0.757. The Balaban J connectivity index is 1.52. The number of nitrogens with one attached hydrogen (secondary N) is 2. The summed E-state index contributed by atoms with van der Waals surface area (Å²) < 4.78 is 5.92. The highest BCUT2D eigenvalue weighted by atomic mass is 16.5. The number of hydrogen-bond acceptors (Lipinski definition) is 2. The second kappa shape index (κ2) is 6.47. The number of benzene rings is 2. The second-order valence-corrected chi connectivity index (χ2v) is 6.25. The fourth-order valence-corrected chi connectivity index (χ4v) is 3.43. The summed E-state index contributed by atoms with van der Waals surface area (Å²) >= 11 is 0. The first-order valence-electron chi connectivity index (χ1n) is 8.38. The van der Waals surface area contributed by atoms with Crippen LogP contribution in [0.25, 0.3) is 10.9 Å². The summed E-state index contributed by atoms with van der Waals surface area (Å²) in [5.41, 5.74) is 3.81. The van der Waals surface area contributed by atoms with Crippen LogP contribution >= 0.6 is 0 Å². The number of fused-ring (bicyclic) bond motifs is 1. The Morgan fingerprint density at radius 3 is 2.65 bits per heavy atom. The molecular weight excluding hydrogens is 284 g/mol. The number of rotatable bonds is 4. The van der Waals surface area contributed by atoms with Crippen LogP contribution in [-0.4, -0.2) is 18.1 Å². The van der Waals surface area contributed by atoms with Crippen molar-refractivity contribution in [3.05, 3.63) is 65.9 Å². The van der Waals surface area contributed by atoms with Crippen molar-refractivity contribution < 1.29 is 4.74 Å². The third-order valence-corrected chi connectivity index (χ3v) is 4.71. The van der Waals surface area contributed by atoms with Gasteiger partial charge in [0, 0.05) is 23.2 Å². The van der Waals surface area contributed by atoms with Gasteiger partial charge >= 0.3 is 0 Å². The molecule has 0 aliphatic carbocycles. The highest BCUT2D eigenvalue weighted by Gasteiger charge is 2.18. The van der Waals surface area contributed by atoms with Gasteiger partial charge in [0.05, 0.1) is 0 Å². The van der Waals surface area contributed by atoms with E-state index < -0.39 is 0 Å². The van der Waals surface area contributed by atoms with Crippen LogP contribution < -0.4 is 10.1 Å². The third kappa shape index (κ3) is 3.10. The van der Waals surface area contributed by atoms with Gasteiger partial charge in [-0.3, -0.25) is 0 Å². The molecule has 2 heterocycles. The average Bonchev–Trinajstić information content (AvgIpc) is 3.05. The molecule has 0 amide bonds. The number of aromatic nitrogens is 1. The van der Waals surface area contributed by atoms with Crippen LogP contribution in [0.5, 0.6) is 5.75 Å². The molecule has 1 aromatic heterocycles. The van der Waals surface area contributed by atoms with Crippen LogP contribution in [0.3, 0.4) is 0 Å². The maximum atomic E-state index is 5.92. The Kier molecular flexibility index (Phi) is 4.03. The molecule has 0 radical (unpaired) electrons. The standard InChI is InChI=1S/C20H22N2O/c1-2-4-15(5-3-1)14-23-17-6-7-18-19(13-22-20(18)12-17)16-8-10-21-11-9-16/h1-7,12-13,16,21-22H,8-11,14H2. The van der Waals surface area contributed by atoms with Gasteiger partial charge < -0.3 is 15.0 Å². The summed E-state index contributed by atoms with van der Waals surface area (Å²) in [4.78, 5) is 3.42. The summed E-state index contributed by atoms with van der Waals surface area (Å²) in [6.45, 7) is 2.85. The molecule has 1 saturated heterocycles. The van der Waals surface area contributed by atoms with Gasteiger partial charge in [-0.25, -0.2) is 0 Å². The van der Waals surface area contributed by atoms with Crippen molar-refractivity contribution >= 4 is 10.9 Å². The van der Waals surface area contributed by atoms with Crippen LogP contribution in [0, 0.1) is 0 Å². The summed E-state index contributed by atoms with van der Waals surface area (Å²) in [7, 11) is 0. The highest BCUT2D eigenvalue weighted by molar-refractivity contribution is 5.85. The minimum Gasteiger partial charge on any atom is -0.489 e. The highest BCUT2D eigenvalue weighted by Crippen LogP contribution is 2.33. The van der Waals surface area contributed by atoms with Crippen molar-refractivity contribution in [3.8, 4) is 5.75 Å². The molecule has 0 atom stereocenters. The van der Waals surface area contributed by atoms with Crippen molar-refractivity contribution in [3.63, 3.8) is 0 Å². The van der Waals surface area contributed by atoms with Crippen molar-refractivity contribution in [2.75, 3.05) is 13.1 Å². The minimum absolute atomic E-state index is 0.605. The number of H-pyrrole nitrogens is 1. The lowest BCUT2D eigenvalue weighted by molar-refractivity contribution is 0.306. The Hall–Kier alpha value is -2.26. The van der Waals surface area contributed by atoms with Crippen molar-refractivity contribution in [1.29, 1.82) is 0 Å². The first kappa shape index (κ1) is 14.3. The molecule has 3 nitrogen and oxygen atoms in total. The first-order valence-corrected chi connectivity index (χ1v) is 8.38. The molecule has 0 saturated carbocycles. The van der Waals surface area contributed by atoms with Crippen molar-refractivity contribution in [2.45, 2.75) is 25.4 Å². The van der Waals surface area contributed by atoms with Gasteiger partial charge in [0.15, 0.2) is 0 Å². The van der Waals surface area contributed by atoms with E-state index in [-0.39, 0.29) is 0 Å². The molecule has 1 aliphatic heterocycles. The van der Waals surface area contributed by atoms with Gasteiger partial charge in [-0.15, -0.1) is 0 Å². The van der Waals surface area contributed by atoms with Crippen LogP contribution in [0.15, 0.2) is 54.7 Å². The topological polar surface area (TPSA) is 37.0 Å². The number of piperidine rings is 1. The maximum Gasteiger partial charge on any atom is 0.121 e. The molecule has 0 spiro atoms. The minimum atomic E-state index is 0.605. The molecule has 118 valence electrons. The van der Waals surface area contributed by atoms with Gasteiger partial charge in [0.2, 0.25) is 0 Å². The first-order chi connectivity index (χ1) is 11.4. The molecule has 23 heavy (non-hydrogen) atoms. The summed E-state index contributed by atoms with van der Waals surface area (Å²) in [6.07, 6.45) is 4.63. The lowest BCUT2D eigenvalue weighted by Crippen LogP contribution is -2.26. The number of hydrogen-bond donors (Lipinski definition) is 2. The predicted octanol–water partition coefficient (Wildman–Crippen LogP) is 4.21.